The van der Waals surface area contributed by atoms with Crippen LogP contribution in [0.5, 0.6) is 5.75 Å². The fourth-order valence-electron chi connectivity index (χ4n) is 3.19. The molecule has 0 aliphatic carbocycles. The number of hydrogen-bond donors (Lipinski definition) is 1. The van der Waals surface area contributed by atoms with Crippen LogP contribution < -0.4 is 10.1 Å². The highest BCUT2D eigenvalue weighted by Crippen LogP contribution is 2.26. The molecule has 0 unspecified atom stereocenters. The molecule has 0 radical (unpaired) electrons. The Morgan fingerprint density at radius 1 is 1.16 bits per heavy atom. The molecule has 31 heavy (non-hydrogen) atoms. The van der Waals surface area contributed by atoms with Crippen LogP contribution in [-0.4, -0.2) is 40.4 Å². The van der Waals surface area contributed by atoms with Crippen molar-refractivity contribution in [1.29, 1.82) is 0 Å². The Labute approximate surface area is 181 Å². The van der Waals surface area contributed by atoms with Gasteiger partial charge < -0.3 is 14.8 Å². The van der Waals surface area contributed by atoms with E-state index in [2.05, 4.69) is 15.4 Å². The number of aromatic nitrogens is 3. The van der Waals surface area contributed by atoms with Gasteiger partial charge >= 0.3 is 5.97 Å². The van der Waals surface area contributed by atoms with Crippen molar-refractivity contribution in [2.75, 3.05) is 19.0 Å². The second-order valence-electron chi connectivity index (χ2n) is 8.00. The Balaban J connectivity index is 1.80. The van der Waals surface area contributed by atoms with E-state index in [1.165, 1.54) is 7.11 Å². The monoisotopic (exact) mass is 424 g/mol. The summed E-state index contributed by atoms with van der Waals surface area (Å²) < 4.78 is 12.4. The zero-order valence-corrected chi connectivity index (χ0v) is 18.7. The van der Waals surface area contributed by atoms with Crippen LogP contribution in [0.3, 0.4) is 0 Å². The van der Waals surface area contributed by atoms with Crippen molar-refractivity contribution in [1.82, 2.24) is 14.8 Å². The van der Waals surface area contributed by atoms with Gasteiger partial charge in [0.2, 0.25) is 0 Å². The topological polar surface area (TPSA) is 95.3 Å². The van der Waals surface area contributed by atoms with Gasteiger partial charge in [-0.15, -0.1) is 0 Å². The molecule has 8 nitrogen and oxygen atoms in total. The minimum absolute atomic E-state index is 0.0892. The number of aryl methyl sites for hydroxylation is 1. The molecule has 2 aromatic heterocycles. The number of amides is 1. The highest BCUT2D eigenvalue weighted by atomic mass is 16.5. The molecule has 0 aliphatic heterocycles. The molecule has 1 amide bonds. The van der Waals surface area contributed by atoms with Crippen LogP contribution in [-0.2, 0) is 9.53 Å². The smallest absolute Gasteiger partial charge is 0.339 e. The van der Waals surface area contributed by atoms with E-state index >= 15 is 0 Å². The van der Waals surface area contributed by atoms with E-state index in [9.17, 15) is 9.59 Å². The number of rotatable bonds is 7. The summed E-state index contributed by atoms with van der Waals surface area (Å²) >= 11 is 0. The van der Waals surface area contributed by atoms with Gasteiger partial charge in [-0.2, -0.15) is 5.10 Å². The number of esters is 1. The molecule has 3 rings (SSSR count). The lowest BCUT2D eigenvalue weighted by atomic mass is 10.1. The Hall–Kier alpha value is -3.42. The molecule has 2 heterocycles. The van der Waals surface area contributed by atoms with E-state index < -0.39 is 18.5 Å². The highest BCUT2D eigenvalue weighted by Gasteiger charge is 2.21. The van der Waals surface area contributed by atoms with E-state index in [1.54, 1.807) is 29.1 Å². The Morgan fingerprint density at radius 2 is 1.90 bits per heavy atom. The number of anilines is 1. The third-order valence-electron chi connectivity index (χ3n) is 4.85. The maximum atomic E-state index is 12.9. The minimum atomic E-state index is -0.594. The Morgan fingerprint density at radius 3 is 2.55 bits per heavy atom. The third-order valence-corrected chi connectivity index (χ3v) is 4.85. The van der Waals surface area contributed by atoms with Crippen molar-refractivity contribution in [2.45, 2.75) is 46.6 Å². The first kappa shape index (κ1) is 22.3. The largest absolute Gasteiger partial charge is 0.495 e. The molecule has 8 heteroatoms. The highest BCUT2D eigenvalue weighted by molar-refractivity contribution is 6.04. The third kappa shape index (κ3) is 4.84. The van der Waals surface area contributed by atoms with Crippen LogP contribution in [0, 0.1) is 6.92 Å². The van der Waals surface area contributed by atoms with Crippen molar-refractivity contribution >= 4 is 28.6 Å². The van der Waals surface area contributed by atoms with Gasteiger partial charge in [-0.3, -0.25) is 4.79 Å². The maximum Gasteiger partial charge on any atom is 0.339 e. The molecule has 0 bridgehead atoms. The molecule has 164 valence electrons. The van der Waals surface area contributed by atoms with Gasteiger partial charge in [0, 0.05) is 11.7 Å². The number of pyridine rings is 1. The zero-order valence-electron chi connectivity index (χ0n) is 18.7. The summed E-state index contributed by atoms with van der Waals surface area (Å²) in [4.78, 5) is 29.9. The summed E-state index contributed by atoms with van der Waals surface area (Å²) in [6, 6.07) is 7.24. The lowest BCUT2D eigenvalue weighted by molar-refractivity contribution is -0.119. The Bertz CT molecular complexity index is 1120. The average Bonchev–Trinajstić information content (AvgIpc) is 3.15. The number of ether oxygens (including phenoxy) is 2. The second kappa shape index (κ2) is 9.16. The van der Waals surface area contributed by atoms with Crippen LogP contribution in [0.1, 0.15) is 61.3 Å². The normalized spacial score (nSPS) is 11.2. The number of carbonyl (C=O) groups is 2. The van der Waals surface area contributed by atoms with Crippen LogP contribution in [0.2, 0.25) is 0 Å². The molecule has 1 N–H and O–H groups in total. The second-order valence-corrected chi connectivity index (χ2v) is 8.00. The lowest BCUT2D eigenvalue weighted by Gasteiger charge is -2.13. The summed E-state index contributed by atoms with van der Waals surface area (Å²) in [5, 5.41) is 7.70. The average molecular weight is 425 g/mol. The molecule has 1 aromatic carbocycles. The van der Waals surface area contributed by atoms with Crippen LogP contribution in [0.15, 0.2) is 30.5 Å². The van der Waals surface area contributed by atoms with Gasteiger partial charge in [-0.1, -0.05) is 19.9 Å². The van der Waals surface area contributed by atoms with Crippen molar-refractivity contribution < 1.29 is 19.1 Å². The summed E-state index contributed by atoms with van der Waals surface area (Å²) in [5.74, 6) is -0.402. The molecule has 0 atom stereocenters. The number of hydrogen-bond acceptors (Lipinski definition) is 6. The molecule has 0 saturated heterocycles. The Kier molecular flexibility index (Phi) is 6.58. The van der Waals surface area contributed by atoms with Crippen LogP contribution in [0.4, 0.5) is 5.69 Å². The molecule has 0 spiro atoms. The molecule has 0 aliphatic rings. The number of benzene rings is 1. The first-order chi connectivity index (χ1) is 14.7. The van der Waals surface area contributed by atoms with Crippen molar-refractivity contribution in [3.63, 3.8) is 0 Å². The van der Waals surface area contributed by atoms with Gasteiger partial charge in [0.15, 0.2) is 12.3 Å². The van der Waals surface area contributed by atoms with Crippen molar-refractivity contribution in [3.8, 4) is 5.75 Å². The van der Waals surface area contributed by atoms with E-state index in [-0.39, 0.29) is 12.0 Å². The van der Waals surface area contributed by atoms with E-state index in [0.717, 1.165) is 11.3 Å². The van der Waals surface area contributed by atoms with Crippen molar-refractivity contribution in [3.05, 3.63) is 47.3 Å². The molecule has 3 aromatic rings. The number of carbonyl (C=O) groups excluding carboxylic acids is 2. The fourth-order valence-corrected chi connectivity index (χ4v) is 3.19. The number of methoxy groups -OCH3 is 1. The lowest BCUT2D eigenvalue weighted by Crippen LogP contribution is -2.21. The predicted octanol–water partition coefficient (Wildman–Crippen LogP) is 4.25. The first-order valence-electron chi connectivity index (χ1n) is 10.2. The quantitative estimate of drug-likeness (QED) is 0.570. The number of nitrogens with zero attached hydrogens (tertiary/aromatic N) is 3. The predicted molar refractivity (Wildman–Crippen MR) is 119 cm³/mol. The number of fused-ring (bicyclic) bond motifs is 1. The fraction of sp³-hybridized carbons (Fsp3) is 0.391. The van der Waals surface area contributed by atoms with Gasteiger partial charge in [0.25, 0.3) is 5.91 Å². The van der Waals surface area contributed by atoms with Gasteiger partial charge in [-0.25, -0.2) is 14.5 Å². The number of nitrogens with one attached hydrogen (secondary N) is 1. The van der Waals surface area contributed by atoms with Crippen LogP contribution >= 0.6 is 0 Å². The van der Waals surface area contributed by atoms with E-state index in [0.29, 0.717) is 28.0 Å². The zero-order chi connectivity index (χ0) is 22.7. The first-order valence-corrected chi connectivity index (χ1v) is 10.2. The standard InChI is InChI=1S/C23H28N4O4/c1-13(2)18-10-16(17-11-24-27(14(3)4)22(17)26-18)23(29)31-12-21(28)25-19-9-15(5)7-8-20(19)30-6/h7-11,13-14H,12H2,1-6H3,(H,25,28). The molecule has 0 fully saturated rings. The summed E-state index contributed by atoms with van der Waals surface area (Å²) in [5.41, 5.74) is 3.23. The maximum absolute atomic E-state index is 12.9. The summed E-state index contributed by atoms with van der Waals surface area (Å²) in [6.45, 7) is 9.49. The molecular formula is C23H28N4O4. The van der Waals surface area contributed by atoms with Gasteiger partial charge in [-0.05, 0) is 50.5 Å². The van der Waals surface area contributed by atoms with Crippen LogP contribution in [0.25, 0.3) is 11.0 Å². The summed E-state index contributed by atoms with van der Waals surface area (Å²) in [6.07, 6.45) is 1.61. The molecule has 0 saturated carbocycles. The summed E-state index contributed by atoms with van der Waals surface area (Å²) in [7, 11) is 1.53. The van der Waals surface area contributed by atoms with Gasteiger partial charge in [0.1, 0.15) is 5.75 Å². The minimum Gasteiger partial charge on any atom is -0.495 e. The van der Waals surface area contributed by atoms with Crippen molar-refractivity contribution in [2.24, 2.45) is 0 Å². The van der Waals surface area contributed by atoms with Gasteiger partial charge in [0.05, 0.1) is 29.9 Å². The van der Waals surface area contributed by atoms with E-state index in [1.807, 2.05) is 40.7 Å². The molecular weight excluding hydrogens is 396 g/mol. The SMILES string of the molecule is COc1ccc(C)cc1NC(=O)COC(=O)c1cc(C(C)C)nc2c1cnn2C(C)C. The van der Waals surface area contributed by atoms with E-state index in [4.69, 9.17) is 9.47 Å².